The standard InChI is InChI=1S/C23H26FN5O4/c1-27(2)23-25-11-17(15-6-8-16(24)9-7-15)22(26-23)18-5-3-4-10-28(18)19(30)12-29-20(31)13-33-14-21(29)32/h6-9,11,18H,3-5,10,12-14H2,1-2H3/t18-/m0/s1. The van der Waals surface area contributed by atoms with E-state index < -0.39 is 11.8 Å². The zero-order chi connectivity index (χ0) is 23.5. The molecule has 0 radical (unpaired) electrons. The molecule has 4 rings (SSSR count). The van der Waals surface area contributed by atoms with Gasteiger partial charge in [-0.3, -0.25) is 19.3 Å². The number of benzene rings is 1. The first-order chi connectivity index (χ1) is 15.8. The zero-order valence-corrected chi connectivity index (χ0v) is 18.7. The third kappa shape index (κ3) is 4.85. The lowest BCUT2D eigenvalue weighted by Crippen LogP contribution is -2.52. The van der Waals surface area contributed by atoms with Crippen LogP contribution < -0.4 is 4.90 Å². The number of carbonyl (C=O) groups excluding carboxylic acids is 3. The summed E-state index contributed by atoms with van der Waals surface area (Å²) in [6.45, 7) is -0.264. The summed E-state index contributed by atoms with van der Waals surface area (Å²) in [7, 11) is 3.66. The molecule has 3 amide bonds. The van der Waals surface area contributed by atoms with Crippen LogP contribution in [0.1, 0.15) is 31.0 Å². The van der Waals surface area contributed by atoms with E-state index in [2.05, 4.69) is 4.98 Å². The van der Waals surface area contributed by atoms with Crippen molar-refractivity contribution in [2.75, 3.05) is 45.3 Å². The van der Waals surface area contributed by atoms with Gasteiger partial charge in [0.2, 0.25) is 11.9 Å². The summed E-state index contributed by atoms with van der Waals surface area (Å²) >= 11 is 0. The molecule has 1 aromatic carbocycles. The fourth-order valence-corrected chi connectivity index (χ4v) is 4.14. The van der Waals surface area contributed by atoms with Gasteiger partial charge >= 0.3 is 0 Å². The molecule has 0 spiro atoms. The van der Waals surface area contributed by atoms with Gasteiger partial charge in [-0.05, 0) is 37.0 Å². The fourth-order valence-electron chi connectivity index (χ4n) is 4.14. The predicted octanol–water partition coefficient (Wildman–Crippen LogP) is 1.79. The van der Waals surface area contributed by atoms with E-state index in [9.17, 15) is 18.8 Å². The highest BCUT2D eigenvalue weighted by atomic mass is 19.1. The number of imide groups is 1. The van der Waals surface area contributed by atoms with Gasteiger partial charge in [-0.15, -0.1) is 0 Å². The highest BCUT2D eigenvalue weighted by Gasteiger charge is 2.35. The molecule has 174 valence electrons. The Morgan fingerprint density at radius 1 is 1.15 bits per heavy atom. The number of hydrogen-bond donors (Lipinski definition) is 0. The van der Waals surface area contributed by atoms with E-state index in [4.69, 9.17) is 9.72 Å². The maximum Gasteiger partial charge on any atom is 0.255 e. The molecule has 33 heavy (non-hydrogen) atoms. The van der Waals surface area contributed by atoms with E-state index in [0.29, 0.717) is 30.2 Å². The summed E-state index contributed by atoms with van der Waals surface area (Å²) in [6.07, 6.45) is 4.07. The molecule has 2 saturated heterocycles. The van der Waals surface area contributed by atoms with Crippen molar-refractivity contribution in [1.82, 2.24) is 19.8 Å². The maximum absolute atomic E-state index is 13.5. The number of rotatable bonds is 5. The molecular formula is C23H26FN5O4. The van der Waals surface area contributed by atoms with Gasteiger partial charge in [0.05, 0.1) is 11.7 Å². The van der Waals surface area contributed by atoms with Crippen LogP contribution in [-0.2, 0) is 19.1 Å². The Bertz CT molecular complexity index is 1040. The van der Waals surface area contributed by atoms with Crippen LogP contribution in [0.15, 0.2) is 30.5 Å². The molecule has 2 aliphatic heterocycles. The first kappa shape index (κ1) is 22.8. The molecule has 2 aromatic rings. The number of morpholine rings is 1. The number of ether oxygens (including phenoxy) is 1. The summed E-state index contributed by atoms with van der Waals surface area (Å²) < 4.78 is 18.5. The lowest BCUT2D eigenvalue weighted by molar-refractivity contribution is -0.162. The first-order valence-corrected chi connectivity index (χ1v) is 10.9. The lowest BCUT2D eigenvalue weighted by atomic mass is 9.93. The van der Waals surface area contributed by atoms with Gasteiger partial charge in [0, 0.05) is 32.4 Å². The molecule has 3 heterocycles. The highest BCUT2D eigenvalue weighted by Crippen LogP contribution is 2.36. The Balaban J connectivity index is 1.69. The summed E-state index contributed by atoms with van der Waals surface area (Å²) in [5.74, 6) is -1.21. The third-order valence-electron chi connectivity index (χ3n) is 5.85. The largest absolute Gasteiger partial charge is 0.362 e. The maximum atomic E-state index is 13.5. The van der Waals surface area contributed by atoms with Crippen molar-refractivity contribution in [3.8, 4) is 11.1 Å². The molecule has 2 aliphatic rings. The molecule has 10 heteroatoms. The molecule has 0 saturated carbocycles. The number of carbonyl (C=O) groups is 3. The number of aromatic nitrogens is 2. The number of halogens is 1. The number of amides is 3. The van der Waals surface area contributed by atoms with E-state index in [1.54, 1.807) is 28.1 Å². The normalized spacial score (nSPS) is 19.1. The number of nitrogens with zero attached hydrogens (tertiary/aromatic N) is 5. The van der Waals surface area contributed by atoms with Gasteiger partial charge in [-0.2, -0.15) is 0 Å². The van der Waals surface area contributed by atoms with Crippen LogP contribution in [0.25, 0.3) is 11.1 Å². The van der Waals surface area contributed by atoms with Crippen molar-refractivity contribution >= 4 is 23.7 Å². The number of piperidine rings is 1. The molecule has 0 N–H and O–H groups in total. The van der Waals surface area contributed by atoms with Crippen LogP contribution in [0.3, 0.4) is 0 Å². The molecule has 2 fully saturated rings. The monoisotopic (exact) mass is 455 g/mol. The van der Waals surface area contributed by atoms with E-state index in [-0.39, 0.29) is 37.5 Å². The third-order valence-corrected chi connectivity index (χ3v) is 5.85. The summed E-state index contributed by atoms with van der Waals surface area (Å²) in [4.78, 5) is 51.1. The second-order valence-electron chi connectivity index (χ2n) is 8.34. The van der Waals surface area contributed by atoms with E-state index in [1.165, 1.54) is 12.1 Å². The second-order valence-corrected chi connectivity index (χ2v) is 8.34. The fraction of sp³-hybridized carbons (Fsp3) is 0.435. The van der Waals surface area contributed by atoms with Crippen molar-refractivity contribution < 1.29 is 23.5 Å². The van der Waals surface area contributed by atoms with E-state index in [0.717, 1.165) is 23.3 Å². The predicted molar refractivity (Wildman–Crippen MR) is 118 cm³/mol. The molecule has 0 bridgehead atoms. The van der Waals surface area contributed by atoms with E-state index >= 15 is 0 Å². The van der Waals surface area contributed by atoms with Gasteiger partial charge in [0.1, 0.15) is 25.6 Å². The minimum Gasteiger partial charge on any atom is -0.362 e. The van der Waals surface area contributed by atoms with Crippen LogP contribution in [0.4, 0.5) is 10.3 Å². The zero-order valence-electron chi connectivity index (χ0n) is 18.7. The quantitative estimate of drug-likeness (QED) is 0.634. The van der Waals surface area contributed by atoms with Crippen LogP contribution >= 0.6 is 0 Å². The molecule has 1 aromatic heterocycles. The smallest absolute Gasteiger partial charge is 0.255 e. The summed E-state index contributed by atoms with van der Waals surface area (Å²) in [5.41, 5.74) is 2.12. The Labute approximate surface area is 191 Å². The minimum absolute atomic E-state index is 0.213. The molecular weight excluding hydrogens is 429 g/mol. The van der Waals surface area contributed by atoms with Gasteiger partial charge < -0.3 is 14.5 Å². The second kappa shape index (κ2) is 9.62. The van der Waals surface area contributed by atoms with Crippen molar-refractivity contribution in [3.05, 3.63) is 42.0 Å². The van der Waals surface area contributed by atoms with Crippen LogP contribution in [0.5, 0.6) is 0 Å². The minimum atomic E-state index is -0.517. The van der Waals surface area contributed by atoms with Gasteiger partial charge in [-0.1, -0.05) is 12.1 Å². The van der Waals surface area contributed by atoms with Gasteiger partial charge in [0.25, 0.3) is 11.8 Å². The van der Waals surface area contributed by atoms with Crippen molar-refractivity contribution in [2.24, 2.45) is 0 Å². The average molecular weight is 455 g/mol. The first-order valence-electron chi connectivity index (χ1n) is 10.9. The van der Waals surface area contributed by atoms with Gasteiger partial charge in [-0.25, -0.2) is 14.4 Å². The van der Waals surface area contributed by atoms with Crippen LogP contribution in [-0.4, -0.2) is 77.9 Å². The molecule has 1 atom stereocenters. The number of hydrogen-bond acceptors (Lipinski definition) is 7. The molecule has 0 unspecified atom stereocenters. The Morgan fingerprint density at radius 2 is 1.85 bits per heavy atom. The van der Waals surface area contributed by atoms with Crippen molar-refractivity contribution in [1.29, 1.82) is 0 Å². The number of likely N-dealkylation sites (tertiary alicyclic amines) is 1. The van der Waals surface area contributed by atoms with Crippen LogP contribution in [0, 0.1) is 5.82 Å². The Hall–Kier alpha value is -3.40. The molecule has 0 aliphatic carbocycles. The Kier molecular flexibility index (Phi) is 6.64. The topological polar surface area (TPSA) is 95.9 Å². The molecule has 9 nitrogen and oxygen atoms in total. The Morgan fingerprint density at radius 3 is 2.52 bits per heavy atom. The van der Waals surface area contributed by atoms with Crippen molar-refractivity contribution in [3.63, 3.8) is 0 Å². The summed E-state index contributed by atoms with van der Waals surface area (Å²) in [5, 5.41) is 0. The van der Waals surface area contributed by atoms with Gasteiger partial charge in [0.15, 0.2) is 0 Å². The highest BCUT2D eigenvalue weighted by molar-refractivity contribution is 6.01. The SMILES string of the molecule is CN(C)c1ncc(-c2ccc(F)cc2)c([C@@H]2CCCCN2C(=O)CN2C(=O)COCC2=O)n1. The summed E-state index contributed by atoms with van der Waals surface area (Å²) in [6, 6.07) is 5.70. The lowest BCUT2D eigenvalue weighted by Gasteiger charge is -2.37. The number of anilines is 1. The van der Waals surface area contributed by atoms with E-state index in [1.807, 2.05) is 14.1 Å². The van der Waals surface area contributed by atoms with Crippen molar-refractivity contribution in [2.45, 2.75) is 25.3 Å². The average Bonchev–Trinajstić information content (AvgIpc) is 2.81. The van der Waals surface area contributed by atoms with Crippen LogP contribution in [0.2, 0.25) is 0 Å².